The predicted molar refractivity (Wildman–Crippen MR) is 129 cm³/mol. The highest BCUT2D eigenvalue weighted by Gasteiger charge is 2.29. The summed E-state index contributed by atoms with van der Waals surface area (Å²) in [6.45, 7) is 2.16. The highest BCUT2D eigenvalue weighted by molar-refractivity contribution is 6.32. The van der Waals surface area contributed by atoms with Crippen molar-refractivity contribution in [2.45, 2.75) is 57.4 Å². The van der Waals surface area contributed by atoms with Gasteiger partial charge in [0.1, 0.15) is 12.6 Å². The van der Waals surface area contributed by atoms with E-state index in [2.05, 4.69) is 23.1 Å². The number of hydrazine groups is 1. The molecule has 1 aliphatic rings. The summed E-state index contributed by atoms with van der Waals surface area (Å²) < 4.78 is 5.37. The molecular weight excluding hydrogens is 450 g/mol. The number of amides is 3. The predicted octanol–water partition coefficient (Wildman–Crippen LogP) is 3.49. The van der Waals surface area contributed by atoms with Gasteiger partial charge in [0.25, 0.3) is 5.91 Å². The molecule has 3 rings (SSSR count). The third-order valence-corrected chi connectivity index (χ3v) is 6.04. The van der Waals surface area contributed by atoms with Gasteiger partial charge in [-0.15, -0.1) is 0 Å². The van der Waals surface area contributed by atoms with Crippen molar-refractivity contribution in [3.05, 3.63) is 59.7 Å². The molecule has 0 bridgehead atoms. The Kier molecular flexibility index (Phi) is 9.23. The molecule has 0 radical (unpaired) electrons. The Morgan fingerprint density at radius 2 is 1.49 bits per heavy atom. The molecule has 0 spiro atoms. The number of hydrogen-bond donors (Lipinski definition) is 4. The van der Waals surface area contributed by atoms with Crippen molar-refractivity contribution in [3.63, 3.8) is 0 Å². The third kappa shape index (κ3) is 6.81. The smallest absolute Gasteiger partial charge is 0.426 e. The van der Waals surface area contributed by atoms with Crippen molar-refractivity contribution < 1.29 is 29.0 Å². The van der Waals surface area contributed by atoms with Gasteiger partial charge in [0.05, 0.1) is 0 Å². The molecule has 0 fully saturated rings. The van der Waals surface area contributed by atoms with Gasteiger partial charge in [0.15, 0.2) is 0 Å². The molecule has 35 heavy (non-hydrogen) atoms. The fraction of sp³-hybridized carbons (Fsp3) is 0.385. The van der Waals surface area contributed by atoms with Crippen LogP contribution in [-0.4, -0.2) is 41.6 Å². The Balaban J connectivity index is 1.53. The van der Waals surface area contributed by atoms with Crippen LogP contribution in [0.2, 0.25) is 0 Å². The van der Waals surface area contributed by atoms with E-state index in [0.717, 1.165) is 47.9 Å². The summed E-state index contributed by atoms with van der Waals surface area (Å²) in [5, 5.41) is 11.0. The molecule has 1 unspecified atom stereocenters. The van der Waals surface area contributed by atoms with Crippen molar-refractivity contribution in [2.75, 3.05) is 6.61 Å². The van der Waals surface area contributed by atoms with Crippen LogP contribution in [0.3, 0.4) is 0 Å². The van der Waals surface area contributed by atoms with Crippen LogP contribution in [0.25, 0.3) is 11.1 Å². The van der Waals surface area contributed by atoms with Crippen molar-refractivity contribution in [3.8, 4) is 11.1 Å². The molecule has 0 saturated carbocycles. The number of carboxylic acid groups (broad SMARTS) is 1. The van der Waals surface area contributed by atoms with Gasteiger partial charge in [-0.2, -0.15) is 0 Å². The van der Waals surface area contributed by atoms with Crippen LogP contribution in [0.15, 0.2) is 48.5 Å². The number of nitrogens with one attached hydrogen (secondary N) is 3. The van der Waals surface area contributed by atoms with Gasteiger partial charge >= 0.3 is 18.0 Å². The van der Waals surface area contributed by atoms with Crippen LogP contribution in [0.1, 0.15) is 62.5 Å². The normalized spacial score (nSPS) is 12.7. The highest BCUT2D eigenvalue weighted by Crippen LogP contribution is 2.44. The van der Waals surface area contributed by atoms with Gasteiger partial charge in [-0.3, -0.25) is 15.0 Å². The number of carbonyl (C=O) groups excluding carboxylic acids is 3. The number of carboxylic acids is 1. The molecule has 9 nitrogen and oxygen atoms in total. The maximum Gasteiger partial charge on any atom is 0.426 e. The molecule has 4 N–H and O–H groups in total. The zero-order valence-corrected chi connectivity index (χ0v) is 19.7. The molecular formula is C26H31N3O6. The van der Waals surface area contributed by atoms with E-state index in [1.807, 2.05) is 48.5 Å². The Hall–Kier alpha value is -3.88. The molecule has 0 saturated heterocycles. The lowest BCUT2D eigenvalue weighted by Gasteiger charge is -2.18. The quantitative estimate of drug-likeness (QED) is 0.233. The van der Waals surface area contributed by atoms with Gasteiger partial charge in [-0.1, -0.05) is 87.6 Å². The number of ether oxygens (including phenoxy) is 1. The minimum Gasteiger partial charge on any atom is -0.474 e. The highest BCUT2D eigenvalue weighted by atomic mass is 16.6. The molecule has 0 aromatic heterocycles. The van der Waals surface area contributed by atoms with Crippen LogP contribution < -0.4 is 16.2 Å². The SMILES string of the molecule is CCCCCCCC(NC(=O)C(=O)O)C(=O)NNC(=O)OCC1c2ccccc2-c2ccccc21. The van der Waals surface area contributed by atoms with Gasteiger partial charge < -0.3 is 15.2 Å². The van der Waals surface area contributed by atoms with Crippen LogP contribution in [0.4, 0.5) is 4.79 Å². The summed E-state index contributed by atoms with van der Waals surface area (Å²) >= 11 is 0. The van der Waals surface area contributed by atoms with Gasteiger partial charge in [0.2, 0.25) is 0 Å². The largest absolute Gasteiger partial charge is 0.474 e. The molecule has 1 atom stereocenters. The zero-order chi connectivity index (χ0) is 25.2. The number of hydrogen-bond acceptors (Lipinski definition) is 5. The molecule has 9 heteroatoms. The first-order chi connectivity index (χ1) is 16.9. The second kappa shape index (κ2) is 12.5. The first kappa shape index (κ1) is 25.7. The van der Waals surface area contributed by atoms with E-state index in [9.17, 15) is 19.2 Å². The number of carbonyl (C=O) groups is 4. The van der Waals surface area contributed by atoms with E-state index in [4.69, 9.17) is 9.84 Å². The lowest BCUT2D eigenvalue weighted by Crippen LogP contribution is -2.53. The summed E-state index contributed by atoms with van der Waals surface area (Å²) in [7, 11) is 0. The number of fused-ring (bicyclic) bond motifs is 3. The Morgan fingerprint density at radius 3 is 2.09 bits per heavy atom. The lowest BCUT2D eigenvalue weighted by molar-refractivity contribution is -0.151. The number of rotatable bonds is 10. The molecule has 2 aromatic carbocycles. The van der Waals surface area contributed by atoms with E-state index >= 15 is 0 Å². The van der Waals surface area contributed by atoms with Crippen molar-refractivity contribution in [1.29, 1.82) is 0 Å². The Morgan fingerprint density at radius 1 is 0.886 bits per heavy atom. The summed E-state index contributed by atoms with van der Waals surface area (Å²) in [5.41, 5.74) is 8.73. The van der Waals surface area contributed by atoms with E-state index in [0.29, 0.717) is 6.42 Å². The van der Waals surface area contributed by atoms with Gasteiger partial charge in [-0.05, 0) is 28.7 Å². The standard InChI is InChI=1S/C26H31N3O6/c1-2-3-4-5-6-15-22(27-24(31)25(32)33)23(30)28-29-26(34)35-16-21-19-13-9-7-11-17(19)18-12-8-10-14-20(18)21/h7-14,21-22H,2-6,15-16H2,1H3,(H,27,31)(H,28,30)(H,29,34)(H,32,33). The number of benzene rings is 2. The Bertz CT molecular complexity index is 1030. The molecule has 0 heterocycles. The van der Waals surface area contributed by atoms with Crippen LogP contribution in [0, 0.1) is 0 Å². The minimum absolute atomic E-state index is 0.0757. The number of unbranched alkanes of at least 4 members (excludes halogenated alkanes) is 4. The van der Waals surface area contributed by atoms with Crippen LogP contribution in [-0.2, 0) is 19.1 Å². The lowest BCUT2D eigenvalue weighted by atomic mass is 9.98. The van der Waals surface area contributed by atoms with Gasteiger partial charge in [0, 0.05) is 5.92 Å². The first-order valence-corrected chi connectivity index (χ1v) is 11.9. The first-order valence-electron chi connectivity index (χ1n) is 11.9. The third-order valence-electron chi connectivity index (χ3n) is 6.04. The maximum atomic E-state index is 12.5. The van der Waals surface area contributed by atoms with Crippen molar-refractivity contribution in [1.82, 2.24) is 16.2 Å². The fourth-order valence-corrected chi connectivity index (χ4v) is 4.28. The van der Waals surface area contributed by atoms with E-state index in [1.165, 1.54) is 0 Å². The summed E-state index contributed by atoms with van der Waals surface area (Å²) in [4.78, 5) is 47.3. The van der Waals surface area contributed by atoms with Crippen molar-refractivity contribution >= 4 is 23.9 Å². The van der Waals surface area contributed by atoms with E-state index < -0.39 is 29.9 Å². The fourth-order valence-electron chi connectivity index (χ4n) is 4.28. The second-order valence-corrected chi connectivity index (χ2v) is 8.47. The summed E-state index contributed by atoms with van der Waals surface area (Å²) in [5.74, 6) is -3.81. The summed E-state index contributed by atoms with van der Waals surface area (Å²) in [6, 6.07) is 14.8. The molecule has 2 aromatic rings. The average molecular weight is 482 g/mol. The minimum atomic E-state index is -1.68. The molecule has 0 aliphatic heterocycles. The monoisotopic (exact) mass is 481 g/mol. The zero-order valence-electron chi connectivity index (χ0n) is 19.7. The Labute approximate surface area is 204 Å². The van der Waals surface area contributed by atoms with E-state index in [-0.39, 0.29) is 18.9 Å². The molecule has 3 amide bonds. The molecule has 186 valence electrons. The topological polar surface area (TPSA) is 134 Å². The van der Waals surface area contributed by atoms with Gasteiger partial charge in [-0.25, -0.2) is 15.0 Å². The van der Waals surface area contributed by atoms with Crippen LogP contribution >= 0.6 is 0 Å². The average Bonchev–Trinajstić information content (AvgIpc) is 3.18. The van der Waals surface area contributed by atoms with E-state index in [1.54, 1.807) is 0 Å². The molecule has 1 aliphatic carbocycles. The maximum absolute atomic E-state index is 12.5. The van der Waals surface area contributed by atoms with Crippen LogP contribution in [0.5, 0.6) is 0 Å². The summed E-state index contributed by atoms with van der Waals surface area (Å²) in [6.07, 6.45) is 3.97. The van der Waals surface area contributed by atoms with Crippen molar-refractivity contribution in [2.24, 2.45) is 0 Å². The second-order valence-electron chi connectivity index (χ2n) is 8.47. The number of aliphatic carboxylic acids is 1.